The summed E-state index contributed by atoms with van der Waals surface area (Å²) in [6.45, 7) is 5.98. The van der Waals surface area contributed by atoms with Crippen LogP contribution in [0.1, 0.15) is 32.0 Å². The third-order valence-corrected chi connectivity index (χ3v) is 4.40. The van der Waals surface area contributed by atoms with Crippen molar-refractivity contribution in [2.45, 2.75) is 32.6 Å². The zero-order valence-corrected chi connectivity index (χ0v) is 15.3. The highest BCUT2D eigenvalue weighted by molar-refractivity contribution is 5.79. The molecule has 0 bridgehead atoms. The van der Waals surface area contributed by atoms with Gasteiger partial charge in [-0.1, -0.05) is 6.07 Å². The fourth-order valence-electron chi connectivity index (χ4n) is 3.09. The van der Waals surface area contributed by atoms with Crippen molar-refractivity contribution in [1.82, 2.24) is 30.1 Å². The number of aromatic nitrogens is 3. The van der Waals surface area contributed by atoms with Gasteiger partial charge in [0.05, 0.1) is 0 Å². The summed E-state index contributed by atoms with van der Waals surface area (Å²) < 4.78 is 2.00. The average Bonchev–Trinajstić information content (AvgIpc) is 3.25. The molecule has 3 heterocycles. The molecule has 2 aromatic rings. The van der Waals surface area contributed by atoms with E-state index >= 15 is 0 Å². The monoisotopic (exact) mass is 357 g/mol. The molecule has 0 aromatic carbocycles. The smallest absolute Gasteiger partial charge is 0.222 e. The van der Waals surface area contributed by atoms with Crippen molar-refractivity contribution in [3.63, 3.8) is 0 Å². The number of likely N-dealkylation sites (tertiary alicyclic amines) is 1. The van der Waals surface area contributed by atoms with Crippen LogP contribution in [-0.4, -0.2) is 64.1 Å². The molecular weight excluding hydrogens is 330 g/mol. The van der Waals surface area contributed by atoms with Gasteiger partial charge < -0.3 is 15.5 Å². The highest BCUT2D eigenvalue weighted by Gasteiger charge is 2.18. The SMILES string of the molecule is CCNC(=NCCCN1CCCC1=O)NCCc1nnc2ccccn12. The first-order valence-corrected chi connectivity index (χ1v) is 9.36. The first-order chi connectivity index (χ1) is 12.8. The lowest BCUT2D eigenvalue weighted by Crippen LogP contribution is -2.38. The number of nitrogens with zero attached hydrogens (tertiary/aromatic N) is 5. The third-order valence-electron chi connectivity index (χ3n) is 4.40. The van der Waals surface area contributed by atoms with E-state index < -0.39 is 0 Å². The molecule has 8 heteroatoms. The second-order valence-electron chi connectivity index (χ2n) is 6.32. The lowest BCUT2D eigenvalue weighted by atomic mass is 10.4. The van der Waals surface area contributed by atoms with Crippen LogP contribution >= 0.6 is 0 Å². The molecule has 0 aliphatic carbocycles. The van der Waals surface area contributed by atoms with Gasteiger partial charge in [-0.2, -0.15) is 0 Å². The maximum Gasteiger partial charge on any atom is 0.222 e. The van der Waals surface area contributed by atoms with Crippen LogP contribution < -0.4 is 10.6 Å². The van der Waals surface area contributed by atoms with Crippen LogP contribution in [0, 0.1) is 0 Å². The van der Waals surface area contributed by atoms with E-state index in [1.165, 1.54) is 0 Å². The molecular formula is C18H27N7O. The predicted molar refractivity (Wildman–Crippen MR) is 101 cm³/mol. The Morgan fingerprint density at radius 1 is 1.31 bits per heavy atom. The van der Waals surface area contributed by atoms with E-state index in [0.29, 0.717) is 13.0 Å². The number of aliphatic imine (C=N–C) groups is 1. The summed E-state index contributed by atoms with van der Waals surface area (Å²) in [5.41, 5.74) is 0.861. The Labute approximate surface area is 153 Å². The van der Waals surface area contributed by atoms with E-state index in [9.17, 15) is 4.79 Å². The summed E-state index contributed by atoms with van der Waals surface area (Å²) in [5.74, 6) is 2.00. The highest BCUT2D eigenvalue weighted by atomic mass is 16.2. The zero-order valence-electron chi connectivity index (χ0n) is 15.3. The van der Waals surface area contributed by atoms with Crippen LogP contribution in [0.5, 0.6) is 0 Å². The van der Waals surface area contributed by atoms with Crippen molar-refractivity contribution in [2.24, 2.45) is 4.99 Å². The van der Waals surface area contributed by atoms with E-state index in [1.807, 2.05) is 40.6 Å². The summed E-state index contributed by atoms with van der Waals surface area (Å²) in [6.07, 6.45) is 5.31. The number of hydrogen-bond acceptors (Lipinski definition) is 4. The molecule has 2 aromatic heterocycles. The van der Waals surface area contributed by atoms with Gasteiger partial charge in [0.1, 0.15) is 5.82 Å². The van der Waals surface area contributed by atoms with E-state index in [1.54, 1.807) is 0 Å². The molecule has 0 atom stereocenters. The van der Waals surface area contributed by atoms with Gasteiger partial charge >= 0.3 is 0 Å². The standard InChI is InChI=1S/C18H27N7O/c1-2-19-18(20-10-6-13-24-12-5-8-17(24)26)21-11-9-16-23-22-15-7-3-4-14-25(15)16/h3-4,7,14H,2,5-6,8-13H2,1H3,(H2,19,20,21). The molecule has 2 N–H and O–H groups in total. The number of nitrogens with one attached hydrogen (secondary N) is 2. The Morgan fingerprint density at radius 3 is 3.04 bits per heavy atom. The van der Waals surface area contributed by atoms with Crippen molar-refractivity contribution in [3.05, 3.63) is 30.2 Å². The Balaban J connectivity index is 1.44. The van der Waals surface area contributed by atoms with Crippen molar-refractivity contribution >= 4 is 17.5 Å². The van der Waals surface area contributed by atoms with Crippen LogP contribution in [-0.2, 0) is 11.2 Å². The first-order valence-electron chi connectivity index (χ1n) is 9.36. The summed E-state index contributed by atoms with van der Waals surface area (Å²) in [4.78, 5) is 18.1. The molecule has 0 saturated carbocycles. The number of rotatable bonds is 8. The molecule has 0 spiro atoms. The lowest BCUT2D eigenvalue weighted by Gasteiger charge is -2.15. The van der Waals surface area contributed by atoms with Crippen LogP contribution in [0.3, 0.4) is 0 Å². The van der Waals surface area contributed by atoms with Gasteiger partial charge in [-0.05, 0) is 31.9 Å². The fraction of sp³-hybridized carbons (Fsp3) is 0.556. The second kappa shape index (κ2) is 9.17. The Morgan fingerprint density at radius 2 is 2.23 bits per heavy atom. The fourth-order valence-corrected chi connectivity index (χ4v) is 3.09. The maximum absolute atomic E-state index is 11.6. The third kappa shape index (κ3) is 4.71. The van der Waals surface area contributed by atoms with Gasteiger partial charge in [0.15, 0.2) is 11.6 Å². The van der Waals surface area contributed by atoms with Gasteiger partial charge in [0, 0.05) is 51.8 Å². The van der Waals surface area contributed by atoms with Crippen molar-refractivity contribution in [1.29, 1.82) is 0 Å². The normalized spacial score (nSPS) is 15.0. The number of guanidine groups is 1. The molecule has 1 aliphatic heterocycles. The zero-order chi connectivity index (χ0) is 18.2. The Kier molecular flexibility index (Phi) is 6.40. The average molecular weight is 357 g/mol. The summed E-state index contributed by atoms with van der Waals surface area (Å²) in [6, 6.07) is 5.88. The number of hydrogen-bond donors (Lipinski definition) is 2. The van der Waals surface area contributed by atoms with E-state index in [2.05, 4.69) is 25.8 Å². The maximum atomic E-state index is 11.6. The van der Waals surface area contributed by atoms with Gasteiger partial charge in [-0.3, -0.25) is 14.2 Å². The van der Waals surface area contributed by atoms with Crippen molar-refractivity contribution < 1.29 is 4.79 Å². The molecule has 26 heavy (non-hydrogen) atoms. The first kappa shape index (κ1) is 18.2. The topological polar surface area (TPSA) is 86.9 Å². The molecule has 1 aliphatic rings. The number of carbonyl (C=O) groups is 1. The molecule has 1 saturated heterocycles. The summed E-state index contributed by atoms with van der Waals surface area (Å²) >= 11 is 0. The van der Waals surface area contributed by atoms with Gasteiger partial charge in [0.25, 0.3) is 0 Å². The number of pyridine rings is 1. The van der Waals surface area contributed by atoms with Crippen LogP contribution in [0.15, 0.2) is 29.4 Å². The van der Waals surface area contributed by atoms with Crippen LogP contribution in [0.25, 0.3) is 5.65 Å². The molecule has 140 valence electrons. The molecule has 0 unspecified atom stereocenters. The van der Waals surface area contributed by atoms with Gasteiger partial charge in [-0.15, -0.1) is 10.2 Å². The Hall–Kier alpha value is -2.64. The number of carbonyl (C=O) groups excluding carboxylic acids is 1. The summed E-state index contributed by atoms with van der Waals surface area (Å²) in [7, 11) is 0. The largest absolute Gasteiger partial charge is 0.357 e. The van der Waals surface area contributed by atoms with Gasteiger partial charge in [0.2, 0.25) is 5.91 Å². The molecule has 8 nitrogen and oxygen atoms in total. The van der Waals surface area contributed by atoms with Crippen LogP contribution in [0.4, 0.5) is 0 Å². The van der Waals surface area contributed by atoms with E-state index in [4.69, 9.17) is 0 Å². The summed E-state index contributed by atoms with van der Waals surface area (Å²) in [5, 5.41) is 15.0. The lowest BCUT2D eigenvalue weighted by molar-refractivity contribution is -0.127. The highest BCUT2D eigenvalue weighted by Crippen LogP contribution is 2.09. The second-order valence-corrected chi connectivity index (χ2v) is 6.32. The van der Waals surface area contributed by atoms with Gasteiger partial charge in [-0.25, -0.2) is 0 Å². The molecule has 1 fully saturated rings. The minimum atomic E-state index is 0.277. The number of fused-ring (bicyclic) bond motifs is 1. The predicted octanol–water partition coefficient (Wildman–Crippen LogP) is 0.839. The molecule has 1 amide bonds. The molecule has 0 radical (unpaired) electrons. The minimum absolute atomic E-state index is 0.277. The van der Waals surface area contributed by atoms with Crippen LogP contribution in [0.2, 0.25) is 0 Å². The van der Waals surface area contributed by atoms with Crippen molar-refractivity contribution in [3.8, 4) is 0 Å². The van der Waals surface area contributed by atoms with E-state index in [-0.39, 0.29) is 5.91 Å². The molecule has 3 rings (SSSR count). The van der Waals surface area contributed by atoms with Crippen molar-refractivity contribution in [2.75, 3.05) is 32.7 Å². The number of amides is 1. The quantitative estimate of drug-likeness (QED) is 0.415. The Bertz CT molecular complexity index is 755. The minimum Gasteiger partial charge on any atom is -0.357 e. The van der Waals surface area contributed by atoms with E-state index in [0.717, 1.165) is 62.9 Å².